The van der Waals surface area contributed by atoms with Gasteiger partial charge in [0.2, 0.25) is 5.95 Å². The van der Waals surface area contributed by atoms with E-state index in [1.807, 2.05) is 60.4 Å². The maximum absolute atomic E-state index is 11.6. The molecule has 0 bridgehead atoms. The molecule has 176 valence electrons. The number of benzene rings is 2. The topological polar surface area (TPSA) is 131 Å². The molecule has 0 atom stereocenters. The maximum Gasteiger partial charge on any atom is 0.405 e. The van der Waals surface area contributed by atoms with Crippen LogP contribution in [0.3, 0.4) is 0 Å². The second-order valence-corrected chi connectivity index (χ2v) is 8.96. The smallest absolute Gasteiger partial charge is 0.405 e. The van der Waals surface area contributed by atoms with E-state index in [2.05, 4.69) is 31.6 Å². The molecular weight excluding hydrogens is 466 g/mol. The van der Waals surface area contributed by atoms with E-state index in [-0.39, 0.29) is 5.69 Å². The number of rotatable bonds is 4. The number of nitrogens with one attached hydrogen (secondary N) is 2. The zero-order valence-electron chi connectivity index (χ0n) is 18.9. The van der Waals surface area contributed by atoms with Crippen molar-refractivity contribution in [1.29, 1.82) is 5.26 Å². The lowest BCUT2D eigenvalue weighted by atomic mass is 9.81. The Bertz CT molecular complexity index is 1450. The van der Waals surface area contributed by atoms with Gasteiger partial charge in [0, 0.05) is 18.7 Å². The Kier molecular flexibility index (Phi) is 5.75. The number of carboxylic acid groups (broad SMARTS) is 1. The average Bonchev–Trinajstić information content (AvgIpc) is 3.29. The lowest BCUT2D eigenvalue weighted by Gasteiger charge is -2.42. The first-order valence-electron chi connectivity index (χ1n) is 11.1. The quantitative estimate of drug-likeness (QED) is 0.383. The van der Waals surface area contributed by atoms with Crippen LogP contribution in [0.15, 0.2) is 48.5 Å². The predicted molar refractivity (Wildman–Crippen MR) is 132 cm³/mol. The van der Waals surface area contributed by atoms with Gasteiger partial charge in [0.05, 0.1) is 21.6 Å². The summed E-state index contributed by atoms with van der Waals surface area (Å²) in [6.45, 7) is 2.92. The summed E-state index contributed by atoms with van der Waals surface area (Å²) < 4.78 is 0. The molecule has 0 aliphatic carbocycles. The zero-order chi connectivity index (χ0) is 24.6. The molecule has 0 spiro atoms. The summed E-state index contributed by atoms with van der Waals surface area (Å²) in [5, 5.41) is 30.5. The minimum atomic E-state index is -1.06. The van der Waals surface area contributed by atoms with Gasteiger partial charge in [-0.15, -0.1) is 0 Å². The molecule has 1 saturated heterocycles. The van der Waals surface area contributed by atoms with E-state index in [0.29, 0.717) is 53.6 Å². The number of carbonyl (C=O) groups is 1. The highest BCUT2D eigenvalue weighted by Gasteiger charge is 2.38. The van der Waals surface area contributed by atoms with Crippen LogP contribution in [0.1, 0.15) is 29.7 Å². The summed E-state index contributed by atoms with van der Waals surface area (Å²) in [4.78, 5) is 22.7. The maximum atomic E-state index is 11.6. The summed E-state index contributed by atoms with van der Waals surface area (Å²) >= 11 is 6.52. The van der Waals surface area contributed by atoms with Crippen LogP contribution in [-0.4, -0.2) is 44.5 Å². The van der Waals surface area contributed by atoms with Gasteiger partial charge >= 0.3 is 6.09 Å². The van der Waals surface area contributed by atoms with E-state index in [1.54, 1.807) is 0 Å². The number of nitriles is 1. The Hall–Kier alpha value is -4.16. The second-order valence-electron chi connectivity index (χ2n) is 8.58. The monoisotopic (exact) mass is 487 g/mol. The van der Waals surface area contributed by atoms with Gasteiger partial charge in [0.1, 0.15) is 6.07 Å². The third kappa shape index (κ3) is 4.02. The molecule has 1 aliphatic rings. The normalized spacial score (nSPS) is 15.1. The molecule has 5 rings (SSSR count). The Morgan fingerprint density at radius 1 is 1.17 bits per heavy atom. The predicted octanol–water partition coefficient (Wildman–Crippen LogP) is 4.62. The molecule has 0 saturated carbocycles. The van der Waals surface area contributed by atoms with Crippen molar-refractivity contribution in [3.63, 3.8) is 0 Å². The number of hydrogen-bond donors (Lipinski definition) is 3. The molecule has 1 fully saturated rings. The molecule has 4 aromatic rings. The van der Waals surface area contributed by atoms with E-state index in [4.69, 9.17) is 11.6 Å². The van der Waals surface area contributed by atoms with Gasteiger partial charge in [-0.25, -0.2) is 9.78 Å². The first-order valence-corrected chi connectivity index (χ1v) is 11.5. The zero-order valence-corrected chi connectivity index (χ0v) is 19.7. The largest absolute Gasteiger partial charge is 0.465 e. The minimum Gasteiger partial charge on any atom is -0.465 e. The van der Waals surface area contributed by atoms with Gasteiger partial charge in [-0.3, -0.25) is 5.10 Å². The van der Waals surface area contributed by atoms with Gasteiger partial charge < -0.3 is 15.3 Å². The SMILES string of the molecule is Cc1cccc(-c2[nH]nc3nc(N4CCC(NC(=O)O)(c5ccccc5)CC4)nc(C#N)c23)c1Cl. The van der Waals surface area contributed by atoms with Crippen LogP contribution in [0.2, 0.25) is 5.02 Å². The Balaban J connectivity index is 1.48. The molecule has 3 heterocycles. The number of nitrogens with zero attached hydrogens (tertiary/aromatic N) is 5. The molecule has 35 heavy (non-hydrogen) atoms. The molecule has 2 aromatic heterocycles. The lowest BCUT2D eigenvalue weighted by molar-refractivity contribution is 0.167. The van der Waals surface area contributed by atoms with E-state index in [9.17, 15) is 15.2 Å². The molecule has 1 aliphatic heterocycles. The fourth-order valence-electron chi connectivity index (χ4n) is 4.71. The lowest BCUT2D eigenvalue weighted by Crippen LogP contribution is -2.53. The highest BCUT2D eigenvalue weighted by Crippen LogP contribution is 2.37. The molecule has 3 N–H and O–H groups in total. The highest BCUT2D eigenvalue weighted by molar-refractivity contribution is 6.34. The van der Waals surface area contributed by atoms with Crippen LogP contribution in [-0.2, 0) is 5.54 Å². The van der Waals surface area contributed by atoms with Crippen molar-refractivity contribution in [3.8, 4) is 17.3 Å². The number of H-pyrrole nitrogens is 1. The summed E-state index contributed by atoms with van der Waals surface area (Å²) in [5.74, 6) is 0.388. The van der Waals surface area contributed by atoms with Gasteiger partial charge in [-0.2, -0.15) is 15.3 Å². The number of fused-ring (bicyclic) bond motifs is 1. The van der Waals surface area contributed by atoms with Gasteiger partial charge in [-0.1, -0.05) is 60.1 Å². The van der Waals surface area contributed by atoms with Crippen molar-refractivity contribution in [2.45, 2.75) is 25.3 Å². The number of anilines is 1. The molecule has 0 unspecified atom stereocenters. The van der Waals surface area contributed by atoms with Crippen LogP contribution in [0.25, 0.3) is 22.3 Å². The Labute approximate surface area is 206 Å². The van der Waals surface area contributed by atoms with Crippen LogP contribution < -0.4 is 10.2 Å². The number of amides is 1. The van der Waals surface area contributed by atoms with Gasteiger partial charge in [0.15, 0.2) is 11.3 Å². The summed E-state index contributed by atoms with van der Waals surface area (Å²) in [7, 11) is 0. The van der Waals surface area contributed by atoms with Crippen molar-refractivity contribution >= 4 is 34.7 Å². The molecular formula is C25H22ClN7O2. The van der Waals surface area contributed by atoms with Crippen LogP contribution in [0, 0.1) is 18.3 Å². The minimum absolute atomic E-state index is 0.204. The molecule has 0 radical (unpaired) electrons. The number of aromatic nitrogens is 4. The standard InChI is InChI=1S/C25H22ClN7O2/c1-15-6-5-9-17(20(15)26)21-19-18(14-27)28-23(29-22(19)32-31-21)33-12-10-25(11-13-33,30-24(34)35)16-7-3-2-4-8-16/h2-9,30H,10-13H2,1H3,(H,34,35)(H,28,29,31,32). The summed E-state index contributed by atoms with van der Waals surface area (Å²) in [6.07, 6.45) is -0.0140. The first-order chi connectivity index (χ1) is 16.9. The van der Waals surface area contributed by atoms with Gasteiger partial charge in [0.25, 0.3) is 0 Å². The average molecular weight is 488 g/mol. The van der Waals surface area contributed by atoms with E-state index in [1.165, 1.54) is 0 Å². The van der Waals surface area contributed by atoms with Gasteiger partial charge in [-0.05, 0) is 30.9 Å². The number of aryl methyl sites for hydroxylation is 1. The van der Waals surface area contributed by atoms with Crippen LogP contribution >= 0.6 is 11.6 Å². The van der Waals surface area contributed by atoms with E-state index < -0.39 is 11.6 Å². The van der Waals surface area contributed by atoms with Crippen molar-refractivity contribution in [3.05, 3.63) is 70.4 Å². The number of hydrogen-bond acceptors (Lipinski definition) is 6. The summed E-state index contributed by atoms with van der Waals surface area (Å²) in [6, 6.07) is 17.4. The molecule has 1 amide bonds. The van der Waals surface area contributed by atoms with Crippen LogP contribution in [0.5, 0.6) is 0 Å². The van der Waals surface area contributed by atoms with E-state index >= 15 is 0 Å². The number of aromatic amines is 1. The van der Waals surface area contributed by atoms with Crippen molar-refractivity contribution in [2.75, 3.05) is 18.0 Å². The van der Waals surface area contributed by atoms with Crippen molar-refractivity contribution in [1.82, 2.24) is 25.5 Å². The van der Waals surface area contributed by atoms with Crippen LogP contribution in [0.4, 0.5) is 10.7 Å². The fraction of sp³-hybridized carbons (Fsp3) is 0.240. The Morgan fingerprint density at radius 3 is 2.60 bits per heavy atom. The number of halogens is 1. The summed E-state index contributed by atoms with van der Waals surface area (Å²) in [5.41, 5.74) is 3.04. The molecule has 9 nitrogen and oxygen atoms in total. The molecule has 10 heteroatoms. The van der Waals surface area contributed by atoms with Crippen molar-refractivity contribution in [2.24, 2.45) is 0 Å². The fourth-order valence-corrected chi connectivity index (χ4v) is 4.93. The number of piperidine rings is 1. The Morgan fingerprint density at radius 2 is 1.91 bits per heavy atom. The third-order valence-electron chi connectivity index (χ3n) is 6.54. The third-order valence-corrected chi connectivity index (χ3v) is 7.04. The molecule has 2 aromatic carbocycles. The highest BCUT2D eigenvalue weighted by atomic mass is 35.5. The van der Waals surface area contributed by atoms with E-state index in [0.717, 1.165) is 16.7 Å². The van der Waals surface area contributed by atoms with Crippen molar-refractivity contribution < 1.29 is 9.90 Å². The second kappa shape index (κ2) is 8.89. The first kappa shape index (κ1) is 22.6.